The Morgan fingerprint density at radius 2 is 1.96 bits per heavy atom. The molecule has 1 aromatic carbocycles. The first kappa shape index (κ1) is 22.6. The molecule has 1 aliphatic heterocycles. The Balaban J connectivity index is 2.25. The van der Waals surface area contributed by atoms with Crippen molar-refractivity contribution in [2.24, 2.45) is 0 Å². The Hall–Kier alpha value is -1.73. The summed E-state index contributed by atoms with van der Waals surface area (Å²) in [5, 5.41) is 52.3. The van der Waals surface area contributed by atoms with Crippen LogP contribution in [-0.4, -0.2) is 80.3 Å². The lowest BCUT2D eigenvalue weighted by molar-refractivity contribution is -0.293. The van der Waals surface area contributed by atoms with Crippen LogP contribution in [0.3, 0.4) is 0 Å². The summed E-state index contributed by atoms with van der Waals surface area (Å²) in [5.74, 6) is -4.45. The number of nitrogens with one attached hydrogen (secondary N) is 1. The molecule has 1 saturated heterocycles. The number of aliphatic hydroxyl groups is 5. The van der Waals surface area contributed by atoms with Gasteiger partial charge in [0.15, 0.2) is 0 Å². The van der Waals surface area contributed by atoms with E-state index < -0.39 is 61.1 Å². The van der Waals surface area contributed by atoms with Crippen LogP contribution in [0.4, 0.5) is 0 Å². The average molecular weight is 417 g/mol. The lowest BCUT2D eigenvalue weighted by Gasteiger charge is -2.45. The fourth-order valence-corrected chi connectivity index (χ4v) is 2.98. The predicted octanol–water partition coefficient (Wildman–Crippen LogP) is -2.06. The van der Waals surface area contributed by atoms with Crippen molar-refractivity contribution in [1.82, 2.24) is 5.32 Å². The van der Waals surface area contributed by atoms with Crippen molar-refractivity contribution < 1.29 is 44.6 Å². The highest BCUT2D eigenvalue weighted by molar-refractivity contribution is 7.80. The molecule has 1 fully saturated rings. The third kappa shape index (κ3) is 5.20. The van der Waals surface area contributed by atoms with Crippen molar-refractivity contribution in [3.63, 3.8) is 0 Å². The van der Waals surface area contributed by atoms with E-state index in [2.05, 4.69) is 17.9 Å². The molecule has 1 amide bonds. The first-order valence-corrected chi connectivity index (χ1v) is 8.86. The van der Waals surface area contributed by atoms with Crippen LogP contribution in [0.15, 0.2) is 29.2 Å². The molecule has 1 aliphatic rings. The first-order valence-electron chi connectivity index (χ1n) is 8.41. The summed E-state index contributed by atoms with van der Waals surface area (Å²) in [5.41, 5.74) is 0. The molecule has 0 spiro atoms. The van der Waals surface area contributed by atoms with E-state index in [4.69, 9.17) is 14.6 Å². The number of aliphatic hydroxyl groups excluding tert-OH is 4. The SMILES string of the molecule is CC(=O)N[C@@H]1[C@@H](O)C[C@](O)(C(=O)Oc2ccc(S)cc2)O[C@H]1C(O)[C@H](O)CO. The maximum absolute atomic E-state index is 12.4. The molecule has 0 bridgehead atoms. The second kappa shape index (κ2) is 9.18. The molecule has 156 valence electrons. The summed E-state index contributed by atoms with van der Waals surface area (Å²) in [4.78, 5) is 24.5. The van der Waals surface area contributed by atoms with Gasteiger partial charge in [-0.3, -0.25) is 4.79 Å². The zero-order chi connectivity index (χ0) is 21.1. The van der Waals surface area contributed by atoms with Crippen molar-refractivity contribution in [3.8, 4) is 5.75 Å². The molecule has 0 aromatic heterocycles. The maximum Gasteiger partial charge on any atom is 0.372 e. The lowest BCUT2D eigenvalue weighted by Crippen LogP contribution is -2.67. The largest absolute Gasteiger partial charge is 0.423 e. The Labute approximate surface area is 166 Å². The molecule has 6 atom stereocenters. The molecule has 6 N–H and O–H groups in total. The Kier molecular flexibility index (Phi) is 7.39. The number of ether oxygens (including phenoxy) is 2. The highest BCUT2D eigenvalue weighted by Crippen LogP contribution is 2.32. The van der Waals surface area contributed by atoms with E-state index in [0.717, 1.165) is 6.92 Å². The van der Waals surface area contributed by atoms with E-state index in [1.54, 1.807) is 12.1 Å². The molecule has 28 heavy (non-hydrogen) atoms. The van der Waals surface area contributed by atoms with Gasteiger partial charge in [0, 0.05) is 18.2 Å². The summed E-state index contributed by atoms with van der Waals surface area (Å²) in [6, 6.07) is 4.67. The molecule has 1 heterocycles. The van der Waals surface area contributed by atoms with Gasteiger partial charge >= 0.3 is 5.97 Å². The molecular weight excluding hydrogens is 394 g/mol. The van der Waals surface area contributed by atoms with Gasteiger partial charge in [0.25, 0.3) is 5.79 Å². The van der Waals surface area contributed by atoms with Crippen LogP contribution in [0, 0.1) is 0 Å². The number of benzene rings is 1. The third-order valence-corrected chi connectivity index (χ3v) is 4.54. The van der Waals surface area contributed by atoms with Crippen molar-refractivity contribution in [2.75, 3.05) is 6.61 Å². The normalized spacial score (nSPS) is 29.6. The minimum atomic E-state index is -2.67. The van der Waals surface area contributed by atoms with Gasteiger partial charge in [0.1, 0.15) is 24.1 Å². The monoisotopic (exact) mass is 417 g/mol. The minimum Gasteiger partial charge on any atom is -0.423 e. The zero-order valence-electron chi connectivity index (χ0n) is 14.9. The van der Waals surface area contributed by atoms with Crippen LogP contribution >= 0.6 is 12.6 Å². The molecule has 0 radical (unpaired) electrons. The zero-order valence-corrected chi connectivity index (χ0v) is 15.8. The third-order valence-electron chi connectivity index (χ3n) is 4.24. The highest BCUT2D eigenvalue weighted by Gasteiger charge is 2.54. The van der Waals surface area contributed by atoms with E-state index >= 15 is 0 Å². The summed E-state index contributed by atoms with van der Waals surface area (Å²) in [6.45, 7) is 0.293. The summed E-state index contributed by atoms with van der Waals surface area (Å²) in [7, 11) is 0. The van der Waals surface area contributed by atoms with Crippen LogP contribution in [0.2, 0.25) is 0 Å². The molecule has 1 aromatic rings. The van der Waals surface area contributed by atoms with Crippen molar-refractivity contribution in [3.05, 3.63) is 24.3 Å². The van der Waals surface area contributed by atoms with Gasteiger partial charge in [0.05, 0.1) is 18.8 Å². The van der Waals surface area contributed by atoms with Gasteiger partial charge < -0.3 is 40.3 Å². The van der Waals surface area contributed by atoms with E-state index in [1.807, 2.05) is 0 Å². The van der Waals surface area contributed by atoms with Gasteiger partial charge in [-0.05, 0) is 24.3 Å². The topological polar surface area (TPSA) is 166 Å². The number of rotatable bonds is 6. The molecule has 0 saturated carbocycles. The van der Waals surface area contributed by atoms with Crippen LogP contribution < -0.4 is 10.1 Å². The molecular formula is C17H23NO9S. The standard InChI is InChI=1S/C17H23NO9S/c1-8(20)18-13-11(21)6-17(25,27-15(13)14(23)12(22)7-19)16(24)26-9-2-4-10(28)5-3-9/h2-5,11-15,19,21-23,25,28H,6-7H2,1H3,(H,18,20)/t11-,12+,13+,14?,15+,17+/m0/s1. The number of carbonyl (C=O) groups is 2. The van der Waals surface area contributed by atoms with E-state index in [-0.39, 0.29) is 5.75 Å². The van der Waals surface area contributed by atoms with Crippen LogP contribution in [-0.2, 0) is 14.3 Å². The fraction of sp³-hybridized carbons (Fsp3) is 0.529. The lowest BCUT2D eigenvalue weighted by atomic mass is 9.88. The van der Waals surface area contributed by atoms with Gasteiger partial charge in [-0.1, -0.05) is 0 Å². The van der Waals surface area contributed by atoms with E-state index in [0.29, 0.717) is 4.90 Å². The van der Waals surface area contributed by atoms with Crippen molar-refractivity contribution in [2.45, 2.75) is 54.5 Å². The number of esters is 1. The number of carbonyl (C=O) groups excluding carboxylic acids is 2. The van der Waals surface area contributed by atoms with Crippen LogP contribution in [0.1, 0.15) is 13.3 Å². The van der Waals surface area contributed by atoms with Crippen LogP contribution in [0.25, 0.3) is 0 Å². The molecule has 2 rings (SSSR count). The fourth-order valence-electron chi connectivity index (χ4n) is 2.83. The van der Waals surface area contributed by atoms with Crippen molar-refractivity contribution >= 4 is 24.5 Å². The van der Waals surface area contributed by atoms with Gasteiger partial charge in [0.2, 0.25) is 5.91 Å². The maximum atomic E-state index is 12.4. The average Bonchev–Trinajstić information content (AvgIpc) is 2.64. The van der Waals surface area contributed by atoms with E-state index in [9.17, 15) is 30.0 Å². The Bertz CT molecular complexity index is 700. The summed E-state index contributed by atoms with van der Waals surface area (Å²) in [6.07, 6.45) is -7.36. The highest BCUT2D eigenvalue weighted by atomic mass is 32.1. The van der Waals surface area contributed by atoms with Gasteiger partial charge in [-0.2, -0.15) is 0 Å². The molecule has 1 unspecified atom stereocenters. The molecule has 11 heteroatoms. The Morgan fingerprint density at radius 1 is 1.36 bits per heavy atom. The second-order valence-corrected chi connectivity index (χ2v) is 7.00. The molecule has 0 aliphatic carbocycles. The Morgan fingerprint density at radius 3 is 2.50 bits per heavy atom. The van der Waals surface area contributed by atoms with Crippen molar-refractivity contribution in [1.29, 1.82) is 0 Å². The number of thiol groups is 1. The van der Waals surface area contributed by atoms with E-state index in [1.165, 1.54) is 12.1 Å². The van der Waals surface area contributed by atoms with Gasteiger partial charge in [-0.15, -0.1) is 12.6 Å². The summed E-state index contributed by atoms with van der Waals surface area (Å²) < 4.78 is 10.3. The number of hydrogen-bond donors (Lipinski definition) is 7. The predicted molar refractivity (Wildman–Crippen MR) is 96.5 cm³/mol. The first-order chi connectivity index (χ1) is 13.1. The summed E-state index contributed by atoms with van der Waals surface area (Å²) >= 11 is 4.10. The number of hydrogen-bond acceptors (Lipinski definition) is 10. The number of amides is 1. The minimum absolute atomic E-state index is 0.0748. The quantitative estimate of drug-likeness (QED) is 0.156. The molecule has 10 nitrogen and oxygen atoms in total. The van der Waals surface area contributed by atoms with Crippen LogP contribution in [0.5, 0.6) is 5.75 Å². The van der Waals surface area contributed by atoms with Gasteiger partial charge in [-0.25, -0.2) is 4.79 Å². The smallest absolute Gasteiger partial charge is 0.372 e. The second-order valence-electron chi connectivity index (χ2n) is 6.49.